The molecule has 22 heavy (non-hydrogen) atoms. The summed E-state index contributed by atoms with van der Waals surface area (Å²) in [6.45, 7) is 4.00. The van der Waals surface area contributed by atoms with Gasteiger partial charge < -0.3 is 9.47 Å². The lowest BCUT2D eigenvalue weighted by molar-refractivity contribution is 0.0261. The fourth-order valence-electron chi connectivity index (χ4n) is 2.71. The number of hydrogen-bond donors (Lipinski definition) is 0. The molecule has 1 atom stereocenters. The van der Waals surface area contributed by atoms with Crippen LogP contribution >= 0.6 is 11.3 Å². The van der Waals surface area contributed by atoms with Gasteiger partial charge in [-0.25, -0.2) is 4.79 Å². The number of carbonyl (C=O) groups is 1. The fourth-order valence-corrected chi connectivity index (χ4v) is 3.21. The molecule has 1 aromatic heterocycles. The molecule has 0 saturated heterocycles. The molecule has 0 bridgehead atoms. The number of aryl methyl sites for hydroxylation is 1. The van der Waals surface area contributed by atoms with Crippen LogP contribution in [0.15, 0.2) is 29.9 Å². The number of rotatable bonds is 4. The molecule has 1 aliphatic rings. The van der Waals surface area contributed by atoms with E-state index < -0.39 is 0 Å². The highest BCUT2D eigenvalue weighted by Gasteiger charge is 2.25. The number of fused-ring (bicyclic) bond motifs is 1. The normalized spacial score (nSPS) is 17.1. The topological polar surface area (TPSA) is 48.4 Å². The molecule has 0 saturated carbocycles. The van der Waals surface area contributed by atoms with Gasteiger partial charge in [-0.3, -0.25) is 4.98 Å². The summed E-state index contributed by atoms with van der Waals surface area (Å²) in [6.07, 6.45) is 4.37. The Morgan fingerprint density at radius 3 is 3.00 bits per heavy atom. The lowest BCUT2D eigenvalue weighted by Crippen LogP contribution is -2.17. The van der Waals surface area contributed by atoms with E-state index in [2.05, 4.69) is 11.1 Å². The molecule has 5 heteroatoms. The van der Waals surface area contributed by atoms with Crippen molar-refractivity contribution in [2.45, 2.75) is 45.3 Å². The third-order valence-electron chi connectivity index (χ3n) is 3.63. The van der Waals surface area contributed by atoms with Crippen molar-refractivity contribution in [3.05, 3.63) is 45.9 Å². The van der Waals surface area contributed by atoms with Gasteiger partial charge in [0, 0.05) is 0 Å². The van der Waals surface area contributed by atoms with E-state index in [1.165, 1.54) is 16.9 Å². The molecule has 4 nitrogen and oxygen atoms in total. The Bertz CT molecular complexity index is 652. The predicted octanol–water partition coefficient (Wildman–Crippen LogP) is 4.16. The van der Waals surface area contributed by atoms with Crippen LogP contribution in [0.4, 0.5) is 0 Å². The average molecular weight is 317 g/mol. The summed E-state index contributed by atoms with van der Waals surface area (Å²) in [5, 5.41) is 0. The minimum absolute atomic E-state index is 0.125. The molecule has 0 N–H and O–H groups in total. The van der Waals surface area contributed by atoms with Gasteiger partial charge in [-0.1, -0.05) is 6.07 Å². The summed E-state index contributed by atoms with van der Waals surface area (Å²) >= 11 is 1.30. The first-order chi connectivity index (χ1) is 10.6. The van der Waals surface area contributed by atoms with Crippen LogP contribution < -0.4 is 4.74 Å². The second-order valence-corrected chi connectivity index (χ2v) is 6.57. The van der Waals surface area contributed by atoms with Crippen molar-refractivity contribution in [3.8, 4) is 5.75 Å². The molecule has 0 spiro atoms. The van der Waals surface area contributed by atoms with Crippen molar-refractivity contribution >= 4 is 17.3 Å². The van der Waals surface area contributed by atoms with Gasteiger partial charge >= 0.3 is 5.97 Å². The maximum atomic E-state index is 12.2. The number of aromatic nitrogens is 1. The molecule has 0 amide bonds. The highest BCUT2D eigenvalue weighted by Crippen LogP contribution is 2.35. The van der Waals surface area contributed by atoms with Crippen molar-refractivity contribution < 1.29 is 14.3 Å². The summed E-state index contributed by atoms with van der Waals surface area (Å²) in [5.74, 6) is 0.532. The van der Waals surface area contributed by atoms with Crippen LogP contribution in [0.5, 0.6) is 5.75 Å². The van der Waals surface area contributed by atoms with Crippen LogP contribution in [0, 0.1) is 0 Å². The second kappa shape index (κ2) is 6.48. The Morgan fingerprint density at radius 1 is 1.41 bits per heavy atom. The molecule has 0 radical (unpaired) electrons. The van der Waals surface area contributed by atoms with Crippen molar-refractivity contribution in [2.24, 2.45) is 0 Å². The Kier molecular flexibility index (Phi) is 4.43. The van der Waals surface area contributed by atoms with Crippen LogP contribution in [0.2, 0.25) is 0 Å². The summed E-state index contributed by atoms with van der Waals surface area (Å²) in [4.78, 5) is 16.6. The maximum absolute atomic E-state index is 12.2. The van der Waals surface area contributed by atoms with Crippen molar-refractivity contribution in [1.29, 1.82) is 0 Å². The summed E-state index contributed by atoms with van der Waals surface area (Å²) < 4.78 is 11.5. The van der Waals surface area contributed by atoms with E-state index in [0.29, 0.717) is 4.88 Å². The number of hydrogen-bond acceptors (Lipinski definition) is 5. The molecular formula is C17H19NO3S. The average Bonchev–Trinajstić information content (AvgIpc) is 3.01. The van der Waals surface area contributed by atoms with E-state index in [0.717, 1.165) is 30.6 Å². The van der Waals surface area contributed by atoms with Gasteiger partial charge in [0.2, 0.25) is 0 Å². The molecule has 1 aliphatic carbocycles. The molecule has 0 unspecified atom stereocenters. The molecule has 116 valence electrons. The lowest BCUT2D eigenvalue weighted by atomic mass is 9.89. The first-order valence-electron chi connectivity index (χ1n) is 7.52. The third-order valence-corrected chi connectivity index (χ3v) is 4.38. The number of benzene rings is 1. The Hall–Kier alpha value is -1.88. The molecule has 2 aromatic rings. The molecule has 1 aromatic carbocycles. The SMILES string of the molecule is CC(C)Oc1ccc2c(c1)[C@H](OC(=O)c1cncs1)CCC2. The van der Waals surface area contributed by atoms with Gasteiger partial charge in [-0.2, -0.15) is 0 Å². The van der Waals surface area contributed by atoms with Crippen molar-refractivity contribution in [3.63, 3.8) is 0 Å². The summed E-state index contributed by atoms with van der Waals surface area (Å²) in [5.41, 5.74) is 3.95. The van der Waals surface area contributed by atoms with Gasteiger partial charge in [-0.05, 0) is 56.4 Å². The van der Waals surface area contributed by atoms with Crippen molar-refractivity contribution in [2.75, 3.05) is 0 Å². The van der Waals surface area contributed by atoms with Gasteiger partial charge in [-0.15, -0.1) is 11.3 Å². The van der Waals surface area contributed by atoms with E-state index in [-0.39, 0.29) is 18.2 Å². The van der Waals surface area contributed by atoms with E-state index in [4.69, 9.17) is 9.47 Å². The van der Waals surface area contributed by atoms with Crippen LogP contribution in [0.25, 0.3) is 0 Å². The fraction of sp³-hybridized carbons (Fsp3) is 0.412. The van der Waals surface area contributed by atoms with Crippen LogP contribution in [-0.4, -0.2) is 17.1 Å². The number of carbonyl (C=O) groups excluding carboxylic acids is 1. The predicted molar refractivity (Wildman–Crippen MR) is 85.4 cm³/mol. The Labute approximate surface area is 134 Å². The minimum atomic E-state index is -0.296. The quantitative estimate of drug-likeness (QED) is 0.794. The molecular weight excluding hydrogens is 298 g/mol. The zero-order chi connectivity index (χ0) is 15.5. The monoisotopic (exact) mass is 317 g/mol. The number of nitrogens with zero attached hydrogens (tertiary/aromatic N) is 1. The van der Waals surface area contributed by atoms with Gasteiger partial charge in [0.25, 0.3) is 0 Å². The Morgan fingerprint density at radius 2 is 2.27 bits per heavy atom. The largest absolute Gasteiger partial charge is 0.491 e. The van der Waals surface area contributed by atoms with Crippen LogP contribution in [0.1, 0.15) is 53.6 Å². The zero-order valence-electron chi connectivity index (χ0n) is 12.7. The van der Waals surface area contributed by atoms with Gasteiger partial charge in [0.15, 0.2) is 0 Å². The molecule has 1 heterocycles. The molecule has 0 fully saturated rings. The van der Waals surface area contributed by atoms with Crippen LogP contribution in [-0.2, 0) is 11.2 Å². The second-order valence-electron chi connectivity index (χ2n) is 5.68. The minimum Gasteiger partial charge on any atom is -0.491 e. The highest BCUT2D eigenvalue weighted by atomic mass is 32.1. The van der Waals surface area contributed by atoms with Gasteiger partial charge in [0.05, 0.1) is 17.8 Å². The Balaban J connectivity index is 1.81. The standard InChI is InChI=1S/C17H19NO3S/c1-11(2)20-13-7-6-12-4-3-5-15(14(12)8-13)21-17(19)16-9-18-10-22-16/h6-11,15H,3-5H2,1-2H3/t15-/m1/s1. The van der Waals surface area contributed by atoms with E-state index in [9.17, 15) is 4.79 Å². The first-order valence-corrected chi connectivity index (χ1v) is 8.40. The third kappa shape index (κ3) is 3.30. The van der Waals surface area contributed by atoms with E-state index in [1.807, 2.05) is 26.0 Å². The number of esters is 1. The van der Waals surface area contributed by atoms with E-state index >= 15 is 0 Å². The summed E-state index contributed by atoms with van der Waals surface area (Å²) in [6, 6.07) is 6.09. The molecule has 3 rings (SSSR count). The zero-order valence-corrected chi connectivity index (χ0v) is 13.6. The number of ether oxygens (including phenoxy) is 2. The van der Waals surface area contributed by atoms with Gasteiger partial charge in [0.1, 0.15) is 16.7 Å². The highest BCUT2D eigenvalue weighted by molar-refractivity contribution is 7.11. The van der Waals surface area contributed by atoms with Crippen LogP contribution in [0.3, 0.4) is 0 Å². The van der Waals surface area contributed by atoms with Crippen molar-refractivity contribution in [1.82, 2.24) is 4.98 Å². The lowest BCUT2D eigenvalue weighted by Gasteiger charge is -2.26. The first kappa shape index (κ1) is 15.0. The maximum Gasteiger partial charge on any atom is 0.350 e. The smallest absolute Gasteiger partial charge is 0.350 e. The van der Waals surface area contributed by atoms with E-state index in [1.54, 1.807) is 11.7 Å². The summed E-state index contributed by atoms with van der Waals surface area (Å²) in [7, 11) is 0. The molecule has 0 aliphatic heterocycles. The number of thiazole rings is 1.